The second kappa shape index (κ2) is 8.42. The van der Waals surface area contributed by atoms with Crippen LogP contribution in [-0.4, -0.2) is 31.3 Å². The van der Waals surface area contributed by atoms with E-state index in [0.29, 0.717) is 28.0 Å². The van der Waals surface area contributed by atoms with Gasteiger partial charge in [0.1, 0.15) is 29.3 Å². The minimum Gasteiger partial charge on any atom is -0.383 e. The molecule has 4 N–H and O–H groups in total. The number of aromatic nitrogens is 4. The largest absolute Gasteiger partial charge is 0.383 e. The van der Waals surface area contributed by atoms with Crippen molar-refractivity contribution in [1.29, 1.82) is 0 Å². The van der Waals surface area contributed by atoms with Gasteiger partial charge in [-0.25, -0.2) is 19.2 Å². The summed E-state index contributed by atoms with van der Waals surface area (Å²) in [5.74, 6) is -0.657. The van der Waals surface area contributed by atoms with Gasteiger partial charge >= 0.3 is 6.03 Å². The summed E-state index contributed by atoms with van der Waals surface area (Å²) in [6.07, 6.45) is 4.44. The molecule has 1 aromatic carbocycles. The average molecular weight is 433 g/mol. The van der Waals surface area contributed by atoms with E-state index < -0.39 is 11.8 Å². The van der Waals surface area contributed by atoms with Crippen LogP contribution in [0.3, 0.4) is 0 Å². The Morgan fingerprint density at radius 1 is 1.06 bits per heavy atom. The van der Waals surface area contributed by atoms with Gasteiger partial charge in [-0.15, -0.1) is 0 Å². The van der Waals surface area contributed by atoms with Gasteiger partial charge in [-0.2, -0.15) is 0 Å². The number of hydrogen-bond donors (Lipinski definition) is 3. The molecule has 3 heterocycles. The fraction of sp³-hybridized carbons (Fsp3) is 0.136. The molecule has 0 fully saturated rings. The van der Waals surface area contributed by atoms with E-state index in [9.17, 15) is 14.0 Å². The summed E-state index contributed by atoms with van der Waals surface area (Å²) in [6, 6.07) is 7.95. The van der Waals surface area contributed by atoms with E-state index in [1.807, 2.05) is 18.4 Å². The third-order valence-corrected chi connectivity index (χ3v) is 4.77. The average Bonchev–Trinajstić information content (AvgIpc) is 3.15. The van der Waals surface area contributed by atoms with Gasteiger partial charge < -0.3 is 20.9 Å². The number of carbonyl (C=O) groups is 2. The molecule has 162 valence electrons. The summed E-state index contributed by atoms with van der Waals surface area (Å²) in [7, 11) is 0. The maximum absolute atomic E-state index is 13.3. The molecule has 10 heteroatoms. The highest BCUT2D eigenvalue weighted by molar-refractivity contribution is 6.17. The second-order valence-corrected chi connectivity index (χ2v) is 7.35. The number of ketones is 1. The zero-order valence-corrected chi connectivity index (χ0v) is 17.3. The monoisotopic (exact) mass is 433 g/mol. The Morgan fingerprint density at radius 3 is 2.53 bits per heavy atom. The molecule has 2 amide bonds. The normalized spacial score (nSPS) is 11.0. The van der Waals surface area contributed by atoms with Gasteiger partial charge in [0.05, 0.1) is 10.9 Å². The number of urea groups is 1. The van der Waals surface area contributed by atoms with Crippen LogP contribution in [0.2, 0.25) is 0 Å². The highest BCUT2D eigenvalue weighted by Gasteiger charge is 2.22. The number of nitrogens with one attached hydrogen (secondary N) is 2. The summed E-state index contributed by atoms with van der Waals surface area (Å²) in [5.41, 5.74) is 7.66. The fourth-order valence-corrected chi connectivity index (χ4v) is 3.30. The van der Waals surface area contributed by atoms with E-state index in [4.69, 9.17) is 5.73 Å². The number of nitrogens with two attached hydrogens (primary N) is 1. The van der Waals surface area contributed by atoms with Crippen molar-refractivity contribution >= 4 is 40.0 Å². The lowest BCUT2D eigenvalue weighted by Crippen LogP contribution is -2.19. The highest BCUT2D eigenvalue weighted by Crippen LogP contribution is 2.28. The Labute approximate surface area is 182 Å². The van der Waals surface area contributed by atoms with Crippen molar-refractivity contribution in [2.75, 3.05) is 16.4 Å². The number of rotatable bonds is 5. The van der Waals surface area contributed by atoms with E-state index in [2.05, 4.69) is 25.6 Å². The van der Waals surface area contributed by atoms with E-state index >= 15 is 0 Å². The molecule has 0 spiro atoms. The lowest BCUT2D eigenvalue weighted by Gasteiger charge is -2.08. The third-order valence-electron chi connectivity index (χ3n) is 4.77. The third kappa shape index (κ3) is 4.10. The van der Waals surface area contributed by atoms with Gasteiger partial charge in [0, 0.05) is 29.8 Å². The summed E-state index contributed by atoms with van der Waals surface area (Å²) in [5, 5.41) is 5.59. The number of benzene rings is 1. The van der Waals surface area contributed by atoms with Crippen LogP contribution >= 0.6 is 0 Å². The van der Waals surface area contributed by atoms with Gasteiger partial charge in [-0.1, -0.05) is 6.07 Å². The molecular weight excluding hydrogens is 413 g/mol. The van der Waals surface area contributed by atoms with Crippen LogP contribution in [0.25, 0.3) is 11.0 Å². The van der Waals surface area contributed by atoms with Gasteiger partial charge in [-0.3, -0.25) is 9.78 Å². The maximum Gasteiger partial charge on any atom is 0.323 e. The van der Waals surface area contributed by atoms with Gasteiger partial charge in [0.15, 0.2) is 0 Å². The standard InChI is InChI=1S/C22H20FN7O2/c1-12(2)30-10-16(18-20(24)26-11-27-21(18)30)19(31)17-9-15(6-7-25-17)29-22(32)28-14-5-3-4-13(23)8-14/h3-12H,1-2H3,(H2,24,26,27)(H2,25,28,29,32). The Hall–Kier alpha value is -4.34. The molecule has 0 atom stereocenters. The maximum atomic E-state index is 13.3. The van der Waals surface area contributed by atoms with Crippen LogP contribution in [0.5, 0.6) is 0 Å². The molecule has 32 heavy (non-hydrogen) atoms. The predicted octanol–water partition coefficient (Wildman–Crippen LogP) is 4.00. The zero-order valence-electron chi connectivity index (χ0n) is 17.3. The number of amides is 2. The van der Waals surface area contributed by atoms with E-state index in [-0.39, 0.29) is 23.3 Å². The molecule has 4 aromatic rings. The Bertz CT molecular complexity index is 1330. The van der Waals surface area contributed by atoms with Crippen molar-refractivity contribution in [2.45, 2.75) is 19.9 Å². The molecule has 0 aliphatic rings. The zero-order chi connectivity index (χ0) is 22.8. The number of fused-ring (bicyclic) bond motifs is 1. The predicted molar refractivity (Wildman–Crippen MR) is 119 cm³/mol. The summed E-state index contributed by atoms with van der Waals surface area (Å²) in [6.45, 7) is 3.93. The quantitative estimate of drug-likeness (QED) is 0.408. The van der Waals surface area contributed by atoms with Crippen molar-refractivity contribution in [3.63, 3.8) is 0 Å². The van der Waals surface area contributed by atoms with Crippen LogP contribution < -0.4 is 16.4 Å². The topological polar surface area (TPSA) is 128 Å². The SMILES string of the molecule is CC(C)n1cc(C(=O)c2cc(NC(=O)Nc3cccc(F)c3)ccn2)c2c(N)ncnc21. The van der Waals surface area contributed by atoms with Crippen LogP contribution in [0.1, 0.15) is 35.9 Å². The minimum absolute atomic E-state index is 0.0424. The number of nitrogens with zero attached hydrogens (tertiary/aromatic N) is 4. The van der Waals surface area contributed by atoms with Crippen molar-refractivity contribution in [3.05, 3.63) is 72.2 Å². The fourth-order valence-electron chi connectivity index (χ4n) is 3.30. The molecule has 0 radical (unpaired) electrons. The molecule has 0 saturated carbocycles. The van der Waals surface area contributed by atoms with Crippen LogP contribution in [0.4, 0.5) is 26.4 Å². The number of nitrogen functional groups attached to an aromatic ring is 1. The van der Waals surface area contributed by atoms with Gasteiger partial charge in [-0.05, 0) is 44.2 Å². The van der Waals surface area contributed by atoms with Crippen molar-refractivity contribution < 1.29 is 14.0 Å². The number of pyridine rings is 1. The minimum atomic E-state index is -0.589. The van der Waals surface area contributed by atoms with Crippen LogP contribution in [0.15, 0.2) is 55.1 Å². The molecule has 0 aliphatic carbocycles. The first kappa shape index (κ1) is 20.9. The summed E-state index contributed by atoms with van der Waals surface area (Å²) >= 11 is 0. The van der Waals surface area contributed by atoms with E-state index in [1.165, 1.54) is 42.9 Å². The molecule has 9 nitrogen and oxygen atoms in total. The molecule has 0 aliphatic heterocycles. The summed E-state index contributed by atoms with van der Waals surface area (Å²) < 4.78 is 15.1. The number of halogens is 1. The summed E-state index contributed by atoms with van der Waals surface area (Å²) in [4.78, 5) is 37.9. The Morgan fingerprint density at radius 2 is 1.81 bits per heavy atom. The van der Waals surface area contributed by atoms with Crippen molar-refractivity contribution in [2.24, 2.45) is 0 Å². The Kier molecular flexibility index (Phi) is 5.50. The molecule has 4 rings (SSSR count). The first-order valence-electron chi connectivity index (χ1n) is 9.79. The smallest absolute Gasteiger partial charge is 0.323 e. The van der Waals surface area contributed by atoms with Crippen LogP contribution in [-0.2, 0) is 0 Å². The lowest BCUT2D eigenvalue weighted by atomic mass is 10.1. The second-order valence-electron chi connectivity index (χ2n) is 7.35. The van der Waals surface area contributed by atoms with Gasteiger partial charge in [0.25, 0.3) is 0 Å². The number of carbonyl (C=O) groups excluding carboxylic acids is 2. The lowest BCUT2D eigenvalue weighted by molar-refractivity contribution is 0.103. The highest BCUT2D eigenvalue weighted by atomic mass is 19.1. The molecule has 0 bridgehead atoms. The molecule has 0 saturated heterocycles. The molecule has 3 aromatic heterocycles. The number of hydrogen-bond acceptors (Lipinski definition) is 6. The van der Waals surface area contributed by atoms with Crippen molar-refractivity contribution in [1.82, 2.24) is 19.5 Å². The van der Waals surface area contributed by atoms with Crippen molar-refractivity contribution in [3.8, 4) is 0 Å². The first-order valence-corrected chi connectivity index (χ1v) is 9.79. The first-order chi connectivity index (χ1) is 15.3. The van der Waals surface area contributed by atoms with E-state index in [0.717, 1.165) is 0 Å². The molecule has 0 unspecified atom stereocenters. The molecular formula is C22H20FN7O2. The van der Waals surface area contributed by atoms with E-state index in [1.54, 1.807) is 12.3 Å². The Balaban J connectivity index is 1.61. The van der Waals surface area contributed by atoms with Gasteiger partial charge in [0.2, 0.25) is 5.78 Å². The number of anilines is 3. The van der Waals surface area contributed by atoms with Crippen LogP contribution in [0, 0.1) is 5.82 Å².